The number of aromatic nitrogens is 1. The second kappa shape index (κ2) is 5.72. The molecule has 0 aliphatic heterocycles. The van der Waals surface area contributed by atoms with Gasteiger partial charge in [-0.2, -0.15) is 0 Å². The average Bonchev–Trinajstić information content (AvgIpc) is 2.75. The van der Waals surface area contributed by atoms with Crippen molar-refractivity contribution in [1.82, 2.24) is 4.98 Å². The summed E-state index contributed by atoms with van der Waals surface area (Å²) < 4.78 is 0. The van der Waals surface area contributed by atoms with E-state index < -0.39 is 0 Å². The summed E-state index contributed by atoms with van der Waals surface area (Å²) in [7, 11) is 0. The normalized spacial score (nSPS) is 16.0. The lowest BCUT2D eigenvalue weighted by Crippen LogP contribution is -2.26. The molecule has 1 atom stereocenters. The molecule has 0 saturated carbocycles. The summed E-state index contributed by atoms with van der Waals surface area (Å²) in [5, 5.41) is 3.51. The third-order valence-electron chi connectivity index (χ3n) is 3.49. The van der Waals surface area contributed by atoms with Crippen LogP contribution in [0.25, 0.3) is 0 Å². The molecule has 3 heteroatoms. The van der Waals surface area contributed by atoms with Crippen LogP contribution in [0.5, 0.6) is 0 Å². The summed E-state index contributed by atoms with van der Waals surface area (Å²) in [6, 6.07) is 4.74. The number of halogens is 1. The van der Waals surface area contributed by atoms with Crippen LogP contribution in [0.1, 0.15) is 37.9 Å². The van der Waals surface area contributed by atoms with Crippen molar-refractivity contribution in [2.75, 3.05) is 11.2 Å². The van der Waals surface area contributed by atoms with E-state index in [1.54, 1.807) is 0 Å². The number of alkyl halides is 1. The fourth-order valence-electron chi connectivity index (χ4n) is 2.38. The van der Waals surface area contributed by atoms with Crippen LogP contribution < -0.4 is 5.32 Å². The Hall–Kier alpha value is -0.760. The van der Waals surface area contributed by atoms with Gasteiger partial charge >= 0.3 is 0 Å². The van der Waals surface area contributed by atoms with Crippen molar-refractivity contribution in [3.8, 4) is 0 Å². The molecule has 0 amide bonds. The Morgan fingerprint density at radius 3 is 2.88 bits per heavy atom. The molecular weight excluding hydrogens is 232 g/mol. The first-order valence-corrected chi connectivity index (χ1v) is 7.05. The first kappa shape index (κ1) is 12.7. The lowest BCUT2D eigenvalue weighted by molar-refractivity contribution is 0.511. The number of nitrogens with zero attached hydrogens (tertiary/aromatic N) is 1. The predicted molar refractivity (Wildman–Crippen MR) is 73.8 cm³/mol. The maximum absolute atomic E-state index is 5.84. The van der Waals surface area contributed by atoms with Crippen molar-refractivity contribution >= 4 is 17.4 Å². The second-order valence-corrected chi connectivity index (χ2v) is 5.51. The van der Waals surface area contributed by atoms with Gasteiger partial charge in [-0.3, -0.25) is 0 Å². The molecular formula is C14H21ClN2. The van der Waals surface area contributed by atoms with Gasteiger partial charge in [0.1, 0.15) is 5.82 Å². The molecule has 94 valence electrons. The Kier molecular flexibility index (Phi) is 4.27. The number of aryl methyl sites for hydroxylation is 2. The molecule has 1 aliphatic rings. The summed E-state index contributed by atoms with van der Waals surface area (Å²) in [4.78, 5) is 4.70. The summed E-state index contributed by atoms with van der Waals surface area (Å²) in [5.41, 5.74) is 2.71. The van der Waals surface area contributed by atoms with Crippen LogP contribution in [0.3, 0.4) is 0 Å². The molecule has 1 heterocycles. The van der Waals surface area contributed by atoms with Gasteiger partial charge in [-0.1, -0.05) is 19.9 Å². The van der Waals surface area contributed by atoms with E-state index in [4.69, 9.17) is 16.6 Å². The van der Waals surface area contributed by atoms with Gasteiger partial charge in [0.25, 0.3) is 0 Å². The van der Waals surface area contributed by atoms with Gasteiger partial charge in [0.15, 0.2) is 0 Å². The Morgan fingerprint density at radius 1 is 1.35 bits per heavy atom. The van der Waals surface area contributed by atoms with E-state index >= 15 is 0 Å². The zero-order chi connectivity index (χ0) is 12.3. The SMILES string of the molecule is CC(C)C(CCCl)Nc1ccc2c(n1)CCC2. The van der Waals surface area contributed by atoms with Crippen LogP contribution >= 0.6 is 11.6 Å². The number of rotatable bonds is 5. The van der Waals surface area contributed by atoms with E-state index in [0.717, 1.165) is 18.7 Å². The molecule has 0 spiro atoms. The zero-order valence-electron chi connectivity index (χ0n) is 10.7. The molecule has 1 aliphatic carbocycles. The molecule has 0 aromatic carbocycles. The van der Waals surface area contributed by atoms with Crippen molar-refractivity contribution in [2.24, 2.45) is 5.92 Å². The van der Waals surface area contributed by atoms with E-state index in [1.807, 2.05) is 0 Å². The van der Waals surface area contributed by atoms with Crippen molar-refractivity contribution in [3.63, 3.8) is 0 Å². The summed E-state index contributed by atoms with van der Waals surface area (Å²) in [5.74, 6) is 2.28. The van der Waals surface area contributed by atoms with E-state index in [-0.39, 0.29) is 0 Å². The quantitative estimate of drug-likeness (QED) is 0.810. The third kappa shape index (κ3) is 3.12. The number of pyridine rings is 1. The molecule has 17 heavy (non-hydrogen) atoms. The lowest BCUT2D eigenvalue weighted by atomic mass is 10.0. The number of nitrogens with one attached hydrogen (secondary N) is 1. The van der Waals surface area contributed by atoms with Crippen LogP contribution in [0.15, 0.2) is 12.1 Å². The highest BCUT2D eigenvalue weighted by Gasteiger charge is 2.16. The minimum Gasteiger partial charge on any atom is -0.367 e. The van der Waals surface area contributed by atoms with Crippen LogP contribution in [0.4, 0.5) is 5.82 Å². The van der Waals surface area contributed by atoms with E-state index in [2.05, 4.69) is 31.3 Å². The number of hydrogen-bond donors (Lipinski definition) is 1. The Bertz CT molecular complexity index is 376. The molecule has 1 aromatic heterocycles. The molecule has 0 saturated heterocycles. The fourth-order valence-corrected chi connectivity index (χ4v) is 2.62. The number of fused-ring (bicyclic) bond motifs is 1. The average molecular weight is 253 g/mol. The minimum atomic E-state index is 0.416. The van der Waals surface area contributed by atoms with Crippen molar-refractivity contribution in [2.45, 2.75) is 45.6 Å². The highest BCUT2D eigenvalue weighted by Crippen LogP contribution is 2.22. The molecule has 2 nitrogen and oxygen atoms in total. The largest absolute Gasteiger partial charge is 0.367 e. The summed E-state index contributed by atoms with van der Waals surface area (Å²) in [6.07, 6.45) is 4.56. The molecule has 0 fully saturated rings. The predicted octanol–water partition coefficient (Wildman–Crippen LogP) is 3.64. The highest BCUT2D eigenvalue weighted by atomic mass is 35.5. The Morgan fingerprint density at radius 2 is 2.18 bits per heavy atom. The monoisotopic (exact) mass is 252 g/mol. The van der Waals surface area contributed by atoms with Gasteiger partial charge in [0.05, 0.1) is 0 Å². The van der Waals surface area contributed by atoms with Gasteiger partial charge in [-0.05, 0) is 43.2 Å². The van der Waals surface area contributed by atoms with Crippen LogP contribution in [-0.4, -0.2) is 16.9 Å². The summed E-state index contributed by atoms with van der Waals surface area (Å²) >= 11 is 5.84. The highest BCUT2D eigenvalue weighted by molar-refractivity contribution is 6.17. The minimum absolute atomic E-state index is 0.416. The van der Waals surface area contributed by atoms with Crippen molar-refractivity contribution in [3.05, 3.63) is 23.4 Å². The zero-order valence-corrected chi connectivity index (χ0v) is 11.4. The van der Waals surface area contributed by atoms with E-state index in [9.17, 15) is 0 Å². The molecule has 1 unspecified atom stereocenters. The molecule has 1 N–H and O–H groups in total. The standard InChI is InChI=1S/C14H21ClN2/c1-10(2)12(8-9-15)16-14-7-6-11-4-3-5-13(11)17-14/h6-7,10,12H,3-5,8-9H2,1-2H3,(H,16,17). The third-order valence-corrected chi connectivity index (χ3v) is 3.70. The second-order valence-electron chi connectivity index (χ2n) is 5.13. The Balaban J connectivity index is 2.07. The van der Waals surface area contributed by atoms with Crippen molar-refractivity contribution in [1.29, 1.82) is 0 Å². The van der Waals surface area contributed by atoms with E-state index in [1.165, 1.54) is 24.1 Å². The molecule has 1 aromatic rings. The maximum atomic E-state index is 5.84. The molecule has 0 radical (unpaired) electrons. The first-order chi connectivity index (χ1) is 8.20. The van der Waals surface area contributed by atoms with Crippen LogP contribution in [0.2, 0.25) is 0 Å². The fraction of sp³-hybridized carbons (Fsp3) is 0.643. The van der Waals surface area contributed by atoms with E-state index in [0.29, 0.717) is 17.8 Å². The lowest BCUT2D eigenvalue weighted by Gasteiger charge is -2.22. The molecule has 0 bridgehead atoms. The smallest absolute Gasteiger partial charge is 0.126 e. The van der Waals surface area contributed by atoms with Gasteiger partial charge in [-0.25, -0.2) is 4.98 Å². The number of hydrogen-bond acceptors (Lipinski definition) is 2. The van der Waals surface area contributed by atoms with Gasteiger partial charge in [0, 0.05) is 17.6 Å². The van der Waals surface area contributed by atoms with Crippen LogP contribution in [0, 0.1) is 5.92 Å². The van der Waals surface area contributed by atoms with Gasteiger partial charge in [0.2, 0.25) is 0 Å². The summed E-state index contributed by atoms with van der Waals surface area (Å²) in [6.45, 7) is 4.44. The van der Waals surface area contributed by atoms with Gasteiger partial charge < -0.3 is 5.32 Å². The maximum Gasteiger partial charge on any atom is 0.126 e. The topological polar surface area (TPSA) is 24.9 Å². The number of anilines is 1. The van der Waals surface area contributed by atoms with Crippen molar-refractivity contribution < 1.29 is 0 Å². The Labute approximate surface area is 109 Å². The first-order valence-electron chi connectivity index (χ1n) is 6.52. The van der Waals surface area contributed by atoms with Crippen LogP contribution in [-0.2, 0) is 12.8 Å². The van der Waals surface area contributed by atoms with Gasteiger partial charge in [-0.15, -0.1) is 11.6 Å². The molecule has 2 rings (SSSR count).